The van der Waals surface area contributed by atoms with Gasteiger partial charge in [0, 0.05) is 0 Å². The molecule has 2 atom stereocenters. The average molecular weight is 479 g/mol. The number of nitrogens with two attached hydrogens (primary N) is 1. The van der Waals surface area contributed by atoms with Crippen LogP contribution in [0.4, 0.5) is 0 Å². The molecule has 0 amide bonds. The summed E-state index contributed by atoms with van der Waals surface area (Å²) >= 11 is 0. The zero-order chi connectivity index (χ0) is 25.0. The Morgan fingerprint density at radius 1 is 0.647 bits per heavy atom. The van der Waals surface area contributed by atoms with Gasteiger partial charge in [-0.25, -0.2) is 13.1 Å². The van der Waals surface area contributed by atoms with Crippen molar-refractivity contribution in [1.29, 1.82) is 0 Å². The Morgan fingerprint density at radius 2 is 1.09 bits per heavy atom. The highest BCUT2D eigenvalue weighted by atomic mass is 32.2. The van der Waals surface area contributed by atoms with Gasteiger partial charge in [-0.05, 0) is 45.6 Å². The van der Waals surface area contributed by atoms with Gasteiger partial charge in [-0.1, -0.05) is 114 Å². The van der Waals surface area contributed by atoms with Crippen LogP contribution in [0.15, 0.2) is 77.7 Å². The first-order valence-electron chi connectivity index (χ1n) is 12.1. The zero-order valence-electron chi connectivity index (χ0n) is 21.1. The SMILES string of the molecule is CC(C)c1cc(C(C)C)c(S(=O)(=O)N[C@H](c2ccccc2)[C@@H](N)c2ccccc2)c(C(C)C)c1. The third-order valence-corrected chi connectivity index (χ3v) is 7.91. The number of rotatable bonds is 9. The van der Waals surface area contributed by atoms with Crippen LogP contribution in [0.25, 0.3) is 0 Å². The first-order valence-corrected chi connectivity index (χ1v) is 13.6. The van der Waals surface area contributed by atoms with Crippen molar-refractivity contribution in [3.63, 3.8) is 0 Å². The fourth-order valence-corrected chi connectivity index (χ4v) is 6.25. The van der Waals surface area contributed by atoms with Crippen molar-refractivity contribution in [2.75, 3.05) is 0 Å². The maximum absolute atomic E-state index is 14.1. The molecule has 3 rings (SSSR count). The van der Waals surface area contributed by atoms with Crippen LogP contribution < -0.4 is 10.5 Å². The second-order valence-electron chi connectivity index (χ2n) is 9.94. The lowest BCUT2D eigenvalue weighted by molar-refractivity contribution is 0.502. The third-order valence-electron chi connectivity index (χ3n) is 6.33. The van der Waals surface area contributed by atoms with Gasteiger partial charge in [0.05, 0.1) is 17.0 Å². The van der Waals surface area contributed by atoms with Gasteiger partial charge >= 0.3 is 0 Å². The molecule has 0 heterocycles. The average Bonchev–Trinajstić information content (AvgIpc) is 2.82. The first kappa shape index (κ1) is 26.1. The standard InChI is InChI=1S/C29H38N2O2S/c1-19(2)24-17-25(20(3)4)29(26(18-24)21(5)6)34(32,33)31-28(23-15-11-8-12-16-23)27(30)22-13-9-7-10-14-22/h7-21,27-28,31H,30H2,1-6H3/t27-,28+/m0/s1. The number of sulfonamides is 1. The van der Waals surface area contributed by atoms with Crippen LogP contribution in [-0.4, -0.2) is 8.42 Å². The molecular weight excluding hydrogens is 440 g/mol. The van der Waals surface area contributed by atoms with Crippen molar-refractivity contribution in [2.45, 2.75) is 76.3 Å². The molecule has 0 aliphatic carbocycles. The summed E-state index contributed by atoms with van der Waals surface area (Å²) in [5.41, 5.74) is 11.3. The molecule has 0 fully saturated rings. The Labute approximate surface area is 205 Å². The van der Waals surface area contributed by atoms with E-state index in [-0.39, 0.29) is 11.8 Å². The van der Waals surface area contributed by atoms with Crippen LogP contribution in [0, 0.1) is 0 Å². The quantitative estimate of drug-likeness (QED) is 0.356. The van der Waals surface area contributed by atoms with Crippen LogP contribution in [0.3, 0.4) is 0 Å². The maximum atomic E-state index is 14.1. The van der Waals surface area contributed by atoms with E-state index >= 15 is 0 Å². The monoisotopic (exact) mass is 478 g/mol. The van der Waals surface area contributed by atoms with Gasteiger partial charge in [-0.2, -0.15) is 0 Å². The Bertz CT molecular complexity index is 1160. The van der Waals surface area contributed by atoms with Gasteiger partial charge in [0.25, 0.3) is 0 Å². The van der Waals surface area contributed by atoms with Crippen LogP contribution in [0.2, 0.25) is 0 Å². The van der Waals surface area contributed by atoms with E-state index in [0.717, 1.165) is 27.8 Å². The minimum absolute atomic E-state index is 0.0562. The molecule has 34 heavy (non-hydrogen) atoms. The van der Waals surface area contributed by atoms with Gasteiger partial charge in [-0.3, -0.25) is 0 Å². The highest BCUT2D eigenvalue weighted by Gasteiger charge is 2.32. The van der Waals surface area contributed by atoms with Crippen LogP contribution >= 0.6 is 0 Å². The predicted octanol–water partition coefficient (Wildman–Crippen LogP) is 6.78. The number of hydrogen-bond acceptors (Lipinski definition) is 3. The van der Waals surface area contributed by atoms with Gasteiger partial charge in [0.1, 0.15) is 0 Å². The molecule has 0 bridgehead atoms. The molecule has 3 aromatic rings. The molecule has 182 valence electrons. The molecule has 0 radical (unpaired) electrons. The molecule has 0 saturated carbocycles. The van der Waals surface area contributed by atoms with Crippen LogP contribution in [0.5, 0.6) is 0 Å². The van der Waals surface area contributed by atoms with E-state index < -0.39 is 22.1 Å². The molecule has 5 heteroatoms. The topological polar surface area (TPSA) is 72.2 Å². The predicted molar refractivity (Wildman–Crippen MR) is 142 cm³/mol. The number of hydrogen-bond donors (Lipinski definition) is 2. The Morgan fingerprint density at radius 3 is 1.50 bits per heavy atom. The molecule has 3 aromatic carbocycles. The molecule has 4 nitrogen and oxygen atoms in total. The summed E-state index contributed by atoms with van der Waals surface area (Å²) < 4.78 is 31.2. The lowest BCUT2D eigenvalue weighted by Gasteiger charge is -2.28. The third kappa shape index (κ3) is 5.77. The van der Waals surface area contributed by atoms with E-state index in [2.05, 4.69) is 30.7 Å². The minimum atomic E-state index is -3.88. The largest absolute Gasteiger partial charge is 0.322 e. The molecule has 0 aliphatic heterocycles. The van der Waals surface area contributed by atoms with Crippen molar-refractivity contribution < 1.29 is 8.42 Å². The lowest BCUT2D eigenvalue weighted by Crippen LogP contribution is -2.37. The fourth-order valence-electron chi connectivity index (χ4n) is 4.30. The highest BCUT2D eigenvalue weighted by molar-refractivity contribution is 7.89. The normalized spacial score (nSPS) is 14.1. The summed E-state index contributed by atoms with van der Waals surface area (Å²) in [6.07, 6.45) is 0. The van der Waals surface area contributed by atoms with Crippen molar-refractivity contribution >= 4 is 10.0 Å². The maximum Gasteiger partial charge on any atom is 0.241 e. The van der Waals surface area contributed by atoms with Crippen molar-refractivity contribution in [3.05, 3.63) is 101 Å². The summed E-state index contributed by atoms with van der Waals surface area (Å²) in [6, 6.07) is 22.2. The number of nitrogens with one attached hydrogen (secondary N) is 1. The van der Waals surface area contributed by atoms with Crippen molar-refractivity contribution in [2.24, 2.45) is 5.73 Å². The molecule has 3 N–H and O–H groups in total. The minimum Gasteiger partial charge on any atom is -0.322 e. The lowest BCUT2D eigenvalue weighted by atomic mass is 9.89. The van der Waals surface area contributed by atoms with E-state index in [1.807, 2.05) is 88.4 Å². The molecule has 0 saturated heterocycles. The summed E-state index contributed by atoms with van der Waals surface area (Å²) in [6.45, 7) is 12.5. The second kappa shape index (κ2) is 10.9. The van der Waals surface area contributed by atoms with E-state index in [0.29, 0.717) is 10.8 Å². The summed E-state index contributed by atoms with van der Waals surface area (Å²) in [4.78, 5) is 0.392. The molecular formula is C29H38N2O2S. The highest BCUT2D eigenvalue weighted by Crippen LogP contribution is 2.37. The summed E-state index contributed by atoms with van der Waals surface area (Å²) in [5.74, 6) is 0.421. The summed E-state index contributed by atoms with van der Waals surface area (Å²) in [7, 11) is -3.88. The van der Waals surface area contributed by atoms with Crippen molar-refractivity contribution in [1.82, 2.24) is 4.72 Å². The van der Waals surface area contributed by atoms with Gasteiger partial charge in [0.15, 0.2) is 0 Å². The van der Waals surface area contributed by atoms with Gasteiger partial charge < -0.3 is 5.73 Å². The van der Waals surface area contributed by atoms with Crippen LogP contribution in [0.1, 0.15) is 99.2 Å². The molecule has 0 unspecified atom stereocenters. The van der Waals surface area contributed by atoms with Gasteiger partial charge in [-0.15, -0.1) is 0 Å². The smallest absolute Gasteiger partial charge is 0.241 e. The number of benzene rings is 3. The van der Waals surface area contributed by atoms with Gasteiger partial charge in [0.2, 0.25) is 10.0 Å². The second-order valence-corrected chi connectivity index (χ2v) is 11.6. The Hall–Kier alpha value is -2.47. The molecule has 0 spiro atoms. The fraction of sp³-hybridized carbons (Fsp3) is 0.379. The first-order chi connectivity index (χ1) is 16.0. The Balaban J connectivity index is 2.17. The van der Waals surface area contributed by atoms with E-state index in [1.54, 1.807) is 0 Å². The van der Waals surface area contributed by atoms with E-state index in [1.165, 1.54) is 0 Å². The van der Waals surface area contributed by atoms with E-state index in [9.17, 15) is 8.42 Å². The molecule has 0 aliphatic rings. The van der Waals surface area contributed by atoms with Crippen molar-refractivity contribution in [3.8, 4) is 0 Å². The zero-order valence-corrected chi connectivity index (χ0v) is 21.9. The summed E-state index contributed by atoms with van der Waals surface area (Å²) in [5, 5.41) is 0. The molecule has 0 aromatic heterocycles. The van der Waals surface area contributed by atoms with E-state index in [4.69, 9.17) is 5.73 Å². The Kier molecular flexibility index (Phi) is 8.34. The van der Waals surface area contributed by atoms with Crippen LogP contribution in [-0.2, 0) is 10.0 Å².